The first-order valence-corrected chi connectivity index (χ1v) is 9.95. The van der Waals surface area contributed by atoms with Crippen molar-refractivity contribution in [2.45, 2.75) is 32.2 Å². The number of nitrogens with zero attached hydrogens (tertiary/aromatic N) is 3. The molecule has 2 aliphatic rings. The summed E-state index contributed by atoms with van der Waals surface area (Å²) in [6.45, 7) is 0.0492. The van der Waals surface area contributed by atoms with Crippen LogP contribution in [0.3, 0.4) is 0 Å². The zero-order valence-corrected chi connectivity index (χ0v) is 16.3. The molecular formula is C22H21N3O5. The minimum Gasteiger partial charge on any atom is -0.272 e. The lowest BCUT2D eigenvalue weighted by Gasteiger charge is -2.30. The number of carbonyl (C=O) groups excluding carboxylic acids is 3. The topological polar surface area (TPSA) is 101 Å². The van der Waals surface area contributed by atoms with Gasteiger partial charge in [0.2, 0.25) is 0 Å². The van der Waals surface area contributed by atoms with Gasteiger partial charge in [0.15, 0.2) is 0 Å². The molecule has 0 aromatic heterocycles. The highest BCUT2D eigenvalue weighted by Gasteiger charge is 2.51. The number of rotatable bonds is 5. The molecule has 1 heterocycles. The first kappa shape index (κ1) is 19.8. The van der Waals surface area contributed by atoms with Crippen LogP contribution in [0.25, 0.3) is 0 Å². The van der Waals surface area contributed by atoms with E-state index in [-0.39, 0.29) is 41.4 Å². The molecule has 1 aliphatic carbocycles. The second-order valence-electron chi connectivity index (χ2n) is 7.64. The number of non-ortho nitro benzene ring substituents is 1. The molecular weight excluding hydrogens is 386 g/mol. The quantitative estimate of drug-likeness (QED) is 0.430. The van der Waals surface area contributed by atoms with E-state index in [1.165, 1.54) is 29.3 Å². The zero-order chi connectivity index (χ0) is 21.3. The number of hydrogen-bond donors (Lipinski definition) is 0. The average Bonchev–Trinajstić information content (AvgIpc) is 3.03. The Morgan fingerprint density at radius 3 is 2.07 bits per heavy atom. The van der Waals surface area contributed by atoms with Crippen LogP contribution in [0.5, 0.6) is 0 Å². The van der Waals surface area contributed by atoms with Crippen molar-refractivity contribution in [3.05, 3.63) is 75.8 Å². The molecule has 154 valence electrons. The summed E-state index contributed by atoms with van der Waals surface area (Å²) < 4.78 is 0. The van der Waals surface area contributed by atoms with Gasteiger partial charge in [-0.25, -0.2) is 5.01 Å². The minimum atomic E-state index is -0.547. The largest absolute Gasteiger partial charge is 0.273 e. The van der Waals surface area contributed by atoms with Crippen LogP contribution in [0.2, 0.25) is 0 Å². The van der Waals surface area contributed by atoms with Gasteiger partial charge in [-0.1, -0.05) is 43.2 Å². The van der Waals surface area contributed by atoms with E-state index in [4.69, 9.17) is 0 Å². The maximum Gasteiger partial charge on any atom is 0.273 e. The number of amides is 3. The number of imide groups is 1. The Morgan fingerprint density at radius 2 is 1.53 bits per heavy atom. The Labute approximate surface area is 173 Å². The van der Waals surface area contributed by atoms with Gasteiger partial charge in [-0.15, -0.1) is 0 Å². The Balaban J connectivity index is 1.69. The summed E-state index contributed by atoms with van der Waals surface area (Å²) in [6, 6.07) is 14.3. The van der Waals surface area contributed by atoms with Crippen LogP contribution in [0.1, 0.15) is 41.6 Å². The Bertz CT molecular complexity index is 966. The van der Waals surface area contributed by atoms with Crippen molar-refractivity contribution in [1.82, 2.24) is 10.0 Å². The summed E-state index contributed by atoms with van der Waals surface area (Å²) in [5.41, 5.74) is 0.802. The molecule has 0 bridgehead atoms. The lowest BCUT2D eigenvalue weighted by atomic mass is 9.81. The van der Waals surface area contributed by atoms with Gasteiger partial charge in [0.1, 0.15) is 0 Å². The number of nitro benzene ring substituents is 1. The molecule has 1 saturated heterocycles. The fourth-order valence-corrected chi connectivity index (χ4v) is 4.25. The molecule has 0 unspecified atom stereocenters. The van der Waals surface area contributed by atoms with Crippen molar-refractivity contribution in [2.75, 3.05) is 0 Å². The number of hydrogen-bond acceptors (Lipinski definition) is 5. The fourth-order valence-electron chi connectivity index (χ4n) is 4.25. The number of benzene rings is 2. The third kappa shape index (κ3) is 3.56. The number of carbonyl (C=O) groups is 3. The molecule has 2 aromatic rings. The molecule has 2 fully saturated rings. The van der Waals surface area contributed by atoms with Gasteiger partial charge in [-0.3, -0.25) is 24.5 Å². The summed E-state index contributed by atoms with van der Waals surface area (Å²) in [6.07, 6.45) is 3.08. The van der Waals surface area contributed by atoms with Crippen molar-refractivity contribution in [1.29, 1.82) is 0 Å². The standard InChI is InChI=1S/C22H21N3O5/c26-20(16-10-12-17(13-11-16)25(29)30)23(14-15-6-2-1-3-7-15)24-21(27)18-8-4-5-9-19(18)22(24)28/h1-3,6-7,10-13,18-19H,4-5,8-9,14H2/t18-,19+. The summed E-state index contributed by atoms with van der Waals surface area (Å²) in [4.78, 5) is 49.9. The molecule has 1 aliphatic heterocycles. The molecule has 30 heavy (non-hydrogen) atoms. The molecule has 4 rings (SSSR count). The van der Waals surface area contributed by atoms with E-state index in [0.717, 1.165) is 23.4 Å². The van der Waals surface area contributed by atoms with Gasteiger partial charge in [-0.05, 0) is 30.5 Å². The first-order valence-electron chi connectivity index (χ1n) is 9.95. The SMILES string of the molecule is O=C(c1ccc([N+](=O)[O-])cc1)N(Cc1ccccc1)N1C(=O)[C@H]2CCCC[C@H]2C1=O. The predicted molar refractivity (Wildman–Crippen MR) is 107 cm³/mol. The van der Waals surface area contributed by atoms with Crippen LogP contribution in [0, 0.1) is 22.0 Å². The van der Waals surface area contributed by atoms with E-state index in [1.54, 1.807) is 0 Å². The Kier molecular flexibility index (Phi) is 5.31. The average molecular weight is 407 g/mol. The van der Waals surface area contributed by atoms with Crippen LogP contribution >= 0.6 is 0 Å². The lowest BCUT2D eigenvalue weighted by molar-refractivity contribution is -0.384. The molecule has 1 saturated carbocycles. The zero-order valence-electron chi connectivity index (χ0n) is 16.3. The van der Waals surface area contributed by atoms with Crippen LogP contribution in [-0.4, -0.2) is 32.7 Å². The van der Waals surface area contributed by atoms with Gasteiger partial charge in [0.25, 0.3) is 23.4 Å². The molecule has 0 radical (unpaired) electrons. The fraction of sp³-hybridized carbons (Fsp3) is 0.318. The Morgan fingerprint density at radius 1 is 0.967 bits per heavy atom. The van der Waals surface area contributed by atoms with Gasteiger partial charge < -0.3 is 0 Å². The van der Waals surface area contributed by atoms with Gasteiger partial charge in [0.05, 0.1) is 23.3 Å². The van der Waals surface area contributed by atoms with Crippen molar-refractivity contribution in [2.24, 2.45) is 11.8 Å². The molecule has 2 atom stereocenters. The maximum atomic E-state index is 13.3. The van der Waals surface area contributed by atoms with Crippen LogP contribution in [0.15, 0.2) is 54.6 Å². The number of fused-ring (bicyclic) bond motifs is 1. The number of hydrazine groups is 1. The van der Waals surface area contributed by atoms with E-state index < -0.39 is 10.8 Å². The van der Waals surface area contributed by atoms with Gasteiger partial charge in [-0.2, -0.15) is 5.01 Å². The van der Waals surface area contributed by atoms with Gasteiger partial charge in [0, 0.05) is 17.7 Å². The lowest BCUT2D eigenvalue weighted by Crippen LogP contribution is -2.49. The molecule has 0 N–H and O–H groups in total. The minimum absolute atomic E-state index is 0.0492. The van der Waals surface area contributed by atoms with E-state index >= 15 is 0 Å². The summed E-state index contributed by atoms with van der Waals surface area (Å²) >= 11 is 0. The van der Waals surface area contributed by atoms with Crippen molar-refractivity contribution in [3.8, 4) is 0 Å². The molecule has 0 spiro atoms. The van der Waals surface area contributed by atoms with Crippen LogP contribution in [-0.2, 0) is 16.1 Å². The third-order valence-electron chi connectivity index (χ3n) is 5.79. The summed E-state index contributed by atoms with van der Waals surface area (Å²) in [5.74, 6) is -1.98. The number of nitro groups is 1. The Hall–Kier alpha value is -3.55. The smallest absolute Gasteiger partial charge is 0.272 e. The van der Waals surface area contributed by atoms with E-state index in [9.17, 15) is 24.5 Å². The van der Waals surface area contributed by atoms with Crippen molar-refractivity contribution in [3.63, 3.8) is 0 Å². The molecule has 8 nitrogen and oxygen atoms in total. The van der Waals surface area contributed by atoms with E-state index in [2.05, 4.69) is 0 Å². The van der Waals surface area contributed by atoms with Gasteiger partial charge >= 0.3 is 0 Å². The van der Waals surface area contributed by atoms with E-state index in [1.807, 2.05) is 30.3 Å². The summed E-state index contributed by atoms with van der Waals surface area (Å²) in [7, 11) is 0. The second kappa shape index (κ2) is 8.06. The normalized spacial score (nSPS) is 20.7. The highest BCUT2D eigenvalue weighted by atomic mass is 16.6. The highest BCUT2D eigenvalue weighted by Crippen LogP contribution is 2.39. The van der Waals surface area contributed by atoms with Crippen molar-refractivity contribution < 1.29 is 19.3 Å². The monoisotopic (exact) mass is 407 g/mol. The third-order valence-corrected chi connectivity index (χ3v) is 5.79. The maximum absolute atomic E-state index is 13.3. The summed E-state index contributed by atoms with van der Waals surface area (Å²) in [5, 5.41) is 13.1. The molecule has 2 aromatic carbocycles. The van der Waals surface area contributed by atoms with Crippen LogP contribution in [0.4, 0.5) is 5.69 Å². The first-order chi connectivity index (χ1) is 14.5. The molecule has 8 heteroatoms. The second-order valence-corrected chi connectivity index (χ2v) is 7.64. The van der Waals surface area contributed by atoms with Crippen molar-refractivity contribution >= 4 is 23.4 Å². The predicted octanol–water partition coefficient (Wildman–Crippen LogP) is 3.33. The van der Waals surface area contributed by atoms with E-state index in [0.29, 0.717) is 12.8 Å². The van der Waals surface area contributed by atoms with Crippen LogP contribution < -0.4 is 0 Å². The highest BCUT2D eigenvalue weighted by molar-refractivity contribution is 6.07. The molecule has 3 amide bonds.